The summed E-state index contributed by atoms with van der Waals surface area (Å²) in [5.74, 6) is 4.76. The largest absolute Gasteiger partial charge is 0.490 e. The molecular weight excluding hydrogens is 576 g/mol. The van der Waals surface area contributed by atoms with Gasteiger partial charge < -0.3 is 18.9 Å². The van der Waals surface area contributed by atoms with Crippen LogP contribution in [-0.4, -0.2) is 22.9 Å². The van der Waals surface area contributed by atoms with Crippen molar-refractivity contribution in [2.75, 3.05) is 13.2 Å². The Hall–Kier alpha value is -5.89. The summed E-state index contributed by atoms with van der Waals surface area (Å²) in [6.07, 6.45) is 7.91. The van der Waals surface area contributed by atoms with Crippen molar-refractivity contribution in [1.82, 2.24) is 9.67 Å². The minimum atomic E-state index is -0.759. The summed E-state index contributed by atoms with van der Waals surface area (Å²) < 4.78 is 32.4. The summed E-state index contributed by atoms with van der Waals surface area (Å²) in [4.78, 5) is 4.34. The first kappa shape index (κ1) is 26.5. The van der Waals surface area contributed by atoms with Gasteiger partial charge in [0, 0.05) is 19.2 Å². The van der Waals surface area contributed by atoms with Gasteiger partial charge in [-0.25, -0.2) is 0 Å². The van der Waals surface area contributed by atoms with Crippen molar-refractivity contribution in [3.8, 4) is 40.3 Å². The molecule has 0 saturated carbocycles. The molecule has 0 radical (unpaired) electrons. The third-order valence-electron chi connectivity index (χ3n) is 8.94. The molecule has 3 aromatic carbocycles. The molecule has 0 aliphatic carbocycles. The number of benzene rings is 3. The van der Waals surface area contributed by atoms with Gasteiger partial charge in [0.1, 0.15) is 41.8 Å². The van der Waals surface area contributed by atoms with Crippen molar-refractivity contribution in [3.05, 3.63) is 143 Å². The molecule has 0 saturated heterocycles. The van der Waals surface area contributed by atoms with E-state index in [0.717, 1.165) is 74.1 Å². The van der Waals surface area contributed by atoms with Gasteiger partial charge >= 0.3 is 11.5 Å². The van der Waals surface area contributed by atoms with Crippen molar-refractivity contribution in [2.24, 2.45) is 0 Å². The van der Waals surface area contributed by atoms with E-state index in [9.17, 15) is 0 Å². The van der Waals surface area contributed by atoms with Gasteiger partial charge in [0.2, 0.25) is 5.75 Å². The third kappa shape index (κ3) is 3.70. The van der Waals surface area contributed by atoms with Crippen LogP contribution in [0.25, 0.3) is 17.8 Å². The number of aromatic nitrogens is 4. The van der Waals surface area contributed by atoms with Gasteiger partial charge in [0.25, 0.3) is 5.69 Å². The van der Waals surface area contributed by atoms with Crippen molar-refractivity contribution in [3.63, 3.8) is 0 Å². The number of ether oxygens (including phenoxy) is 4. The summed E-state index contributed by atoms with van der Waals surface area (Å²) in [6.45, 7) is 5.03. The van der Waals surface area contributed by atoms with Crippen LogP contribution in [0.1, 0.15) is 33.8 Å². The molecule has 1 atom stereocenters. The van der Waals surface area contributed by atoms with Gasteiger partial charge in [-0.1, -0.05) is 41.0 Å². The lowest BCUT2D eigenvalue weighted by Crippen LogP contribution is -2.76. The molecule has 0 amide bonds. The van der Waals surface area contributed by atoms with E-state index >= 15 is 0 Å². The van der Waals surface area contributed by atoms with Crippen LogP contribution < -0.4 is 28.2 Å². The molecule has 224 valence electrons. The average molecular weight is 607 g/mol. The molecule has 3 aliphatic heterocycles. The molecule has 0 N–H and O–H groups in total. The number of hydrogen-bond acceptors (Lipinski definition) is 5. The SMILES string of the molecule is Cc1c(OCCOc2ccc(/C=C/c3ccccn3)cc2)c(C)[n+]2n1-c1cccc3c1C21c2c(cccc2Oc2cccc[n+]21)O3. The Morgan fingerprint density at radius 2 is 1.52 bits per heavy atom. The van der Waals surface area contributed by atoms with Gasteiger partial charge in [0.15, 0.2) is 23.1 Å². The molecule has 46 heavy (non-hydrogen) atoms. The van der Waals surface area contributed by atoms with Crippen LogP contribution in [0.15, 0.2) is 109 Å². The Balaban J connectivity index is 1.03. The van der Waals surface area contributed by atoms with Crippen LogP contribution >= 0.6 is 0 Å². The fourth-order valence-corrected chi connectivity index (χ4v) is 7.12. The standard InChI is InChI=1S/C38H30N4O4/c1-25-37(44-24-23-43-29-19-16-27(17-20-29)15-18-28-9-3-5-21-39-28)26(2)42-38-35-30(41(25)42)10-7-11-31(35)45-32-12-8-13-33(36(32)38)46-34-14-4-6-22-40(34)38/h3-22H,23-24H2,1-2H3/q+2/b18-15+. The first-order chi connectivity index (χ1) is 22.6. The molecular formula is C38H30N4O4+2. The molecule has 6 heterocycles. The maximum Gasteiger partial charge on any atom is 0.452 e. The van der Waals surface area contributed by atoms with Crippen LogP contribution in [0.4, 0.5) is 0 Å². The molecule has 6 aromatic rings. The van der Waals surface area contributed by atoms with Gasteiger partial charge in [-0.3, -0.25) is 4.98 Å². The second-order valence-electron chi connectivity index (χ2n) is 11.5. The number of fused-ring (bicyclic) bond motifs is 3. The minimum Gasteiger partial charge on any atom is -0.490 e. The topological polar surface area (TPSA) is 62.5 Å². The van der Waals surface area contributed by atoms with Crippen LogP contribution in [0.2, 0.25) is 0 Å². The van der Waals surface area contributed by atoms with Crippen LogP contribution in [0.5, 0.6) is 34.6 Å². The summed E-state index contributed by atoms with van der Waals surface area (Å²) in [5, 5.41) is 0. The Kier molecular flexibility index (Phi) is 5.80. The van der Waals surface area contributed by atoms with E-state index in [1.165, 1.54) is 0 Å². The van der Waals surface area contributed by atoms with Gasteiger partial charge in [-0.2, -0.15) is 0 Å². The van der Waals surface area contributed by atoms with Crippen LogP contribution in [0, 0.1) is 13.8 Å². The lowest BCUT2D eigenvalue weighted by atomic mass is 9.85. The fourth-order valence-electron chi connectivity index (χ4n) is 7.12. The van der Waals surface area contributed by atoms with E-state index in [2.05, 4.69) is 45.0 Å². The highest BCUT2D eigenvalue weighted by molar-refractivity contribution is 5.68. The Bertz CT molecular complexity index is 2180. The lowest BCUT2D eigenvalue weighted by molar-refractivity contribution is -0.999. The minimum absolute atomic E-state index is 0.394. The number of hydrogen-bond donors (Lipinski definition) is 0. The zero-order chi connectivity index (χ0) is 30.8. The smallest absolute Gasteiger partial charge is 0.452 e. The average Bonchev–Trinajstić information content (AvgIpc) is 3.54. The van der Waals surface area contributed by atoms with E-state index < -0.39 is 5.66 Å². The molecule has 3 aliphatic rings. The quantitative estimate of drug-likeness (QED) is 0.153. The normalized spacial score (nSPS) is 16.1. The van der Waals surface area contributed by atoms with E-state index in [-0.39, 0.29) is 0 Å². The predicted octanol–water partition coefficient (Wildman–Crippen LogP) is 6.51. The molecule has 0 fully saturated rings. The molecule has 8 heteroatoms. The summed E-state index contributed by atoms with van der Waals surface area (Å²) in [7, 11) is 0. The maximum absolute atomic E-state index is 6.52. The van der Waals surface area contributed by atoms with E-state index in [1.807, 2.05) is 103 Å². The summed E-state index contributed by atoms with van der Waals surface area (Å²) in [6, 6.07) is 32.2. The maximum atomic E-state index is 6.52. The highest BCUT2D eigenvalue weighted by Gasteiger charge is 2.72. The zero-order valence-corrected chi connectivity index (χ0v) is 25.4. The van der Waals surface area contributed by atoms with Crippen molar-refractivity contribution < 1.29 is 28.2 Å². The summed E-state index contributed by atoms with van der Waals surface area (Å²) >= 11 is 0. The van der Waals surface area contributed by atoms with Gasteiger partial charge in [0.05, 0.1) is 11.8 Å². The van der Waals surface area contributed by atoms with Gasteiger partial charge in [-0.05, 0) is 77.8 Å². The Morgan fingerprint density at radius 3 is 2.35 bits per heavy atom. The van der Waals surface area contributed by atoms with Crippen molar-refractivity contribution in [2.45, 2.75) is 19.5 Å². The van der Waals surface area contributed by atoms with E-state index in [4.69, 9.17) is 18.9 Å². The fraction of sp³-hybridized carbons (Fsp3) is 0.132. The van der Waals surface area contributed by atoms with Crippen LogP contribution in [0.3, 0.4) is 0 Å². The Labute approximate surface area is 265 Å². The first-order valence-corrected chi connectivity index (χ1v) is 15.4. The molecule has 8 nitrogen and oxygen atoms in total. The highest BCUT2D eigenvalue weighted by Crippen LogP contribution is 2.56. The van der Waals surface area contributed by atoms with E-state index in [1.54, 1.807) is 6.20 Å². The number of pyridine rings is 2. The third-order valence-corrected chi connectivity index (χ3v) is 8.94. The lowest BCUT2D eigenvalue weighted by Gasteiger charge is -2.31. The van der Waals surface area contributed by atoms with Crippen molar-refractivity contribution in [1.29, 1.82) is 0 Å². The van der Waals surface area contributed by atoms with Crippen LogP contribution in [-0.2, 0) is 5.66 Å². The zero-order valence-electron chi connectivity index (χ0n) is 25.4. The predicted molar refractivity (Wildman–Crippen MR) is 171 cm³/mol. The second kappa shape index (κ2) is 10.1. The highest BCUT2D eigenvalue weighted by atomic mass is 16.5. The van der Waals surface area contributed by atoms with E-state index in [0.29, 0.717) is 13.2 Å². The molecule has 3 aromatic heterocycles. The second-order valence-corrected chi connectivity index (χ2v) is 11.5. The number of rotatable bonds is 7. The monoisotopic (exact) mass is 606 g/mol. The number of nitrogens with zero attached hydrogens (tertiary/aromatic N) is 4. The molecule has 1 spiro atoms. The van der Waals surface area contributed by atoms with Gasteiger partial charge in [-0.15, -0.1) is 4.68 Å². The molecule has 0 bridgehead atoms. The molecule has 1 unspecified atom stereocenters. The molecule has 9 rings (SSSR count). The summed E-state index contributed by atoms with van der Waals surface area (Å²) in [5.41, 5.74) is 6.33. The van der Waals surface area contributed by atoms with Crippen molar-refractivity contribution >= 4 is 12.2 Å². The first-order valence-electron chi connectivity index (χ1n) is 15.4. The Morgan fingerprint density at radius 1 is 0.761 bits per heavy atom.